The molecule has 0 aromatic rings. The van der Waals surface area contributed by atoms with Crippen LogP contribution < -0.4 is 5.32 Å². The van der Waals surface area contributed by atoms with Crippen molar-refractivity contribution in [1.82, 2.24) is 5.32 Å². The minimum atomic E-state index is -0.558. The number of rotatable bonds is 38. The van der Waals surface area contributed by atoms with Crippen molar-refractivity contribution in [2.75, 3.05) is 0 Å². The van der Waals surface area contributed by atoms with Crippen LogP contribution in [-0.2, 0) is 0 Å². The molecule has 2 unspecified atom stereocenters. The van der Waals surface area contributed by atoms with Crippen LogP contribution in [-0.4, -0.2) is 22.7 Å². The molecule has 0 aromatic carbocycles. The van der Waals surface area contributed by atoms with Gasteiger partial charge in [0.1, 0.15) is 12.5 Å². The lowest BCUT2D eigenvalue weighted by Crippen LogP contribution is -2.38. The zero-order valence-electron chi connectivity index (χ0n) is 30.0. The van der Waals surface area contributed by atoms with E-state index in [-0.39, 0.29) is 0 Å². The van der Waals surface area contributed by atoms with Crippen molar-refractivity contribution in [2.24, 2.45) is 0 Å². The average Bonchev–Trinajstić information content (AvgIpc) is 3.00. The Labute approximate surface area is 272 Å². The first-order chi connectivity index (χ1) is 21.2. The van der Waals surface area contributed by atoms with Crippen LogP contribution in [0, 0.1) is 0 Å². The molecule has 0 saturated carbocycles. The Balaban J connectivity index is 3.25. The molecule has 0 spiro atoms. The number of hydrogen-bond donors (Lipinski definition) is 3. The average molecular weight is 610 g/mol. The molecule has 3 N–H and O–H groups in total. The van der Waals surface area contributed by atoms with Crippen LogP contribution in [0.4, 0.5) is 0 Å². The second-order valence-electron chi connectivity index (χ2n) is 14.1. The maximum absolute atomic E-state index is 10.2. The lowest BCUT2D eigenvalue weighted by molar-refractivity contribution is 0.0310. The summed E-state index contributed by atoms with van der Waals surface area (Å²) in [5.41, 5.74) is 0. The Morgan fingerprint density at radius 2 is 0.442 bits per heavy atom. The van der Waals surface area contributed by atoms with Gasteiger partial charge in [-0.25, -0.2) is 0 Å². The molecule has 0 radical (unpaired) electrons. The zero-order valence-corrected chi connectivity index (χ0v) is 30.0. The fraction of sp³-hybridized carbons (Fsp3) is 1.00. The minimum absolute atomic E-state index is 0.558. The van der Waals surface area contributed by atoms with Crippen molar-refractivity contribution in [3.63, 3.8) is 0 Å². The van der Waals surface area contributed by atoms with Gasteiger partial charge in [-0.05, 0) is 25.7 Å². The van der Waals surface area contributed by atoms with E-state index in [1.54, 1.807) is 0 Å². The third-order valence-electron chi connectivity index (χ3n) is 9.55. The van der Waals surface area contributed by atoms with Gasteiger partial charge >= 0.3 is 0 Å². The molecule has 0 rings (SSSR count). The molecule has 0 aliphatic heterocycles. The van der Waals surface area contributed by atoms with Gasteiger partial charge in [0, 0.05) is 0 Å². The summed E-state index contributed by atoms with van der Waals surface area (Å²) >= 11 is 0. The van der Waals surface area contributed by atoms with Gasteiger partial charge in [0.05, 0.1) is 0 Å². The van der Waals surface area contributed by atoms with Gasteiger partial charge in [-0.1, -0.05) is 219 Å². The number of nitrogens with one attached hydrogen (secondary N) is 1. The van der Waals surface area contributed by atoms with E-state index in [1.165, 1.54) is 205 Å². The van der Waals surface area contributed by atoms with Gasteiger partial charge in [-0.2, -0.15) is 0 Å². The largest absolute Gasteiger partial charge is 0.379 e. The summed E-state index contributed by atoms with van der Waals surface area (Å²) in [7, 11) is 0. The van der Waals surface area contributed by atoms with Crippen molar-refractivity contribution >= 4 is 0 Å². The van der Waals surface area contributed by atoms with Gasteiger partial charge in [0.2, 0.25) is 0 Å². The van der Waals surface area contributed by atoms with Gasteiger partial charge in [0.25, 0.3) is 0 Å². The van der Waals surface area contributed by atoms with Crippen molar-refractivity contribution < 1.29 is 10.2 Å². The summed E-state index contributed by atoms with van der Waals surface area (Å²) in [6, 6.07) is 0. The summed E-state index contributed by atoms with van der Waals surface area (Å²) in [4.78, 5) is 0. The molecule has 260 valence electrons. The van der Waals surface area contributed by atoms with Crippen LogP contribution in [0.25, 0.3) is 0 Å². The van der Waals surface area contributed by atoms with Crippen LogP contribution in [0.3, 0.4) is 0 Å². The Hall–Kier alpha value is -0.120. The van der Waals surface area contributed by atoms with E-state index >= 15 is 0 Å². The summed E-state index contributed by atoms with van der Waals surface area (Å²) in [5, 5.41) is 23.4. The van der Waals surface area contributed by atoms with Gasteiger partial charge < -0.3 is 10.2 Å². The smallest absolute Gasteiger partial charge is 0.106 e. The molecular weight excluding hydrogens is 526 g/mol. The lowest BCUT2D eigenvalue weighted by atomic mass is 10.0. The molecule has 2 atom stereocenters. The first kappa shape index (κ1) is 42.9. The van der Waals surface area contributed by atoms with Gasteiger partial charge in [-0.15, -0.1) is 0 Å². The van der Waals surface area contributed by atoms with Crippen molar-refractivity contribution in [1.29, 1.82) is 0 Å². The molecule has 0 aliphatic carbocycles. The molecule has 0 aromatic heterocycles. The fourth-order valence-electron chi connectivity index (χ4n) is 6.51. The summed E-state index contributed by atoms with van der Waals surface area (Å²) in [5.74, 6) is 0. The molecule has 0 heterocycles. The highest BCUT2D eigenvalue weighted by atomic mass is 16.3. The Bertz CT molecular complexity index is 443. The topological polar surface area (TPSA) is 52.5 Å². The Morgan fingerprint density at radius 1 is 0.279 bits per heavy atom. The molecule has 0 saturated heterocycles. The van der Waals surface area contributed by atoms with E-state index in [2.05, 4.69) is 19.2 Å². The number of unbranched alkanes of at least 4 members (excludes halogenated alkanes) is 32. The molecule has 43 heavy (non-hydrogen) atoms. The minimum Gasteiger partial charge on any atom is -0.379 e. The zero-order chi connectivity index (χ0) is 31.3. The highest BCUT2D eigenvalue weighted by Crippen LogP contribution is 2.16. The lowest BCUT2D eigenvalue weighted by Gasteiger charge is -2.18. The predicted molar refractivity (Wildman–Crippen MR) is 193 cm³/mol. The third kappa shape index (κ3) is 38.0. The second kappa shape index (κ2) is 38.1. The van der Waals surface area contributed by atoms with Crippen molar-refractivity contribution in [2.45, 2.75) is 257 Å². The monoisotopic (exact) mass is 610 g/mol. The maximum Gasteiger partial charge on any atom is 0.106 e. The SMILES string of the molecule is CCCCCCCCCCCCCCCCCCCC(O)NC(O)CCCCCCCCCCCCCCCCCCC. The third-order valence-corrected chi connectivity index (χ3v) is 9.55. The van der Waals surface area contributed by atoms with E-state index in [0.717, 1.165) is 25.7 Å². The first-order valence-electron chi connectivity index (χ1n) is 20.3. The van der Waals surface area contributed by atoms with Crippen molar-refractivity contribution in [3.8, 4) is 0 Å². The van der Waals surface area contributed by atoms with Crippen LogP contribution in [0.15, 0.2) is 0 Å². The number of aliphatic hydroxyl groups is 2. The van der Waals surface area contributed by atoms with Crippen LogP contribution >= 0.6 is 0 Å². The summed E-state index contributed by atoms with van der Waals surface area (Å²) in [6.45, 7) is 4.58. The summed E-state index contributed by atoms with van der Waals surface area (Å²) < 4.78 is 0. The Kier molecular flexibility index (Phi) is 38.0. The quantitative estimate of drug-likeness (QED) is 0.0482. The van der Waals surface area contributed by atoms with Crippen LogP contribution in [0.5, 0.6) is 0 Å². The van der Waals surface area contributed by atoms with E-state index in [4.69, 9.17) is 0 Å². The second-order valence-corrected chi connectivity index (χ2v) is 14.1. The molecule has 0 fully saturated rings. The molecule has 3 nitrogen and oxygen atoms in total. The predicted octanol–water partition coefficient (Wildman–Crippen LogP) is 13.3. The molecule has 0 aliphatic rings. The molecule has 3 heteroatoms. The van der Waals surface area contributed by atoms with E-state index in [0.29, 0.717) is 0 Å². The van der Waals surface area contributed by atoms with Crippen molar-refractivity contribution in [3.05, 3.63) is 0 Å². The molecule has 0 bridgehead atoms. The van der Waals surface area contributed by atoms with E-state index < -0.39 is 12.5 Å². The van der Waals surface area contributed by atoms with Gasteiger partial charge in [0.15, 0.2) is 0 Å². The standard InChI is InChI=1S/C40H83NO2/c1-3-5-7-9-11-13-15-17-19-21-23-25-27-29-31-33-35-37-39(42)41-40(43)38-36-34-32-30-28-26-24-22-20-18-16-14-12-10-8-6-4-2/h39-43H,3-38H2,1-2H3. The van der Waals surface area contributed by atoms with Crippen LogP contribution in [0.2, 0.25) is 0 Å². The fourth-order valence-corrected chi connectivity index (χ4v) is 6.51. The number of hydrogen-bond acceptors (Lipinski definition) is 3. The first-order valence-corrected chi connectivity index (χ1v) is 20.3. The maximum atomic E-state index is 10.2. The Morgan fingerprint density at radius 3 is 0.628 bits per heavy atom. The molecular formula is C40H83NO2. The normalized spacial score (nSPS) is 13.1. The number of aliphatic hydroxyl groups excluding tert-OH is 2. The molecule has 0 amide bonds. The van der Waals surface area contributed by atoms with E-state index in [1.807, 2.05) is 0 Å². The highest BCUT2D eigenvalue weighted by Gasteiger charge is 2.09. The summed E-state index contributed by atoms with van der Waals surface area (Å²) in [6.07, 6.45) is 47.1. The van der Waals surface area contributed by atoms with Crippen LogP contribution in [0.1, 0.15) is 245 Å². The highest BCUT2D eigenvalue weighted by molar-refractivity contribution is 4.60. The van der Waals surface area contributed by atoms with Gasteiger partial charge in [-0.3, -0.25) is 5.32 Å². The van der Waals surface area contributed by atoms with E-state index in [9.17, 15) is 10.2 Å².